The Kier molecular flexibility index (Phi) is 8.55. The third kappa shape index (κ3) is 6.62. The molecular formula is C24H30FN3O6S. The van der Waals surface area contributed by atoms with Gasteiger partial charge in [0.15, 0.2) is 11.5 Å². The number of ether oxygens (including phenoxy) is 2. The van der Waals surface area contributed by atoms with Gasteiger partial charge in [-0.3, -0.25) is 13.9 Å². The van der Waals surface area contributed by atoms with Gasteiger partial charge in [0.05, 0.1) is 11.9 Å². The van der Waals surface area contributed by atoms with E-state index >= 15 is 0 Å². The van der Waals surface area contributed by atoms with Crippen molar-refractivity contribution in [2.45, 2.75) is 39.3 Å². The fourth-order valence-electron chi connectivity index (χ4n) is 3.76. The maximum absolute atomic E-state index is 14.3. The number of hydrogen-bond acceptors (Lipinski definition) is 6. The molecule has 1 aliphatic heterocycles. The lowest BCUT2D eigenvalue weighted by Gasteiger charge is -2.29. The minimum atomic E-state index is -3.65. The number of nitrogens with one attached hydrogen (secondary N) is 1. The zero-order valence-corrected chi connectivity index (χ0v) is 20.8. The van der Waals surface area contributed by atoms with E-state index in [-0.39, 0.29) is 50.1 Å². The number of likely N-dealkylation sites (N-methyl/N-ethyl adjacent to an activating group) is 1. The monoisotopic (exact) mass is 507 g/mol. The highest BCUT2D eigenvalue weighted by atomic mass is 32.2. The summed E-state index contributed by atoms with van der Waals surface area (Å²) >= 11 is 0. The van der Waals surface area contributed by atoms with Crippen LogP contribution in [0.1, 0.15) is 32.3 Å². The Hall–Kier alpha value is -3.34. The van der Waals surface area contributed by atoms with Gasteiger partial charge in [-0.2, -0.15) is 0 Å². The van der Waals surface area contributed by atoms with Gasteiger partial charge in [0.1, 0.15) is 11.9 Å². The number of halogens is 1. The number of hydrogen-bond donors (Lipinski definition) is 1. The lowest BCUT2D eigenvalue weighted by molar-refractivity contribution is -0.140. The third-order valence-corrected chi connectivity index (χ3v) is 6.81. The molecular weight excluding hydrogens is 477 g/mol. The molecule has 9 nitrogen and oxygen atoms in total. The van der Waals surface area contributed by atoms with Crippen molar-refractivity contribution in [1.82, 2.24) is 10.2 Å². The second-order valence-corrected chi connectivity index (χ2v) is 10.1. The smallest absolute Gasteiger partial charge is 0.242 e. The molecule has 2 aromatic rings. The SMILES string of the molecule is CCNC(=O)[C@@H](C)N(Cc1ccccc1F)C(=O)CCCN(c1ccc2c(c1)OCO2)S(C)(=O)=O. The predicted molar refractivity (Wildman–Crippen MR) is 129 cm³/mol. The number of fused-ring (bicyclic) bond motifs is 1. The van der Waals surface area contributed by atoms with Gasteiger partial charge < -0.3 is 19.7 Å². The molecule has 35 heavy (non-hydrogen) atoms. The number of rotatable bonds is 11. The Morgan fingerprint density at radius 3 is 2.54 bits per heavy atom. The zero-order valence-electron chi connectivity index (χ0n) is 20.0. The first-order chi connectivity index (χ1) is 16.6. The highest BCUT2D eigenvalue weighted by Gasteiger charge is 2.27. The van der Waals surface area contributed by atoms with Crippen LogP contribution in [0.3, 0.4) is 0 Å². The van der Waals surface area contributed by atoms with Crippen molar-refractivity contribution in [3.63, 3.8) is 0 Å². The summed E-state index contributed by atoms with van der Waals surface area (Å²) in [7, 11) is -3.65. The van der Waals surface area contributed by atoms with E-state index in [1.165, 1.54) is 15.3 Å². The van der Waals surface area contributed by atoms with Crippen molar-refractivity contribution >= 4 is 27.5 Å². The molecule has 0 spiro atoms. The Morgan fingerprint density at radius 1 is 1.14 bits per heavy atom. The first-order valence-corrected chi connectivity index (χ1v) is 13.1. The number of benzene rings is 2. The topological polar surface area (TPSA) is 105 Å². The minimum absolute atomic E-state index is 0.0330. The molecule has 0 saturated carbocycles. The van der Waals surface area contributed by atoms with Crippen LogP contribution >= 0.6 is 0 Å². The summed E-state index contributed by atoms with van der Waals surface area (Å²) in [6.45, 7) is 3.76. The number of carbonyl (C=O) groups excluding carboxylic acids is 2. The van der Waals surface area contributed by atoms with Gasteiger partial charge in [0, 0.05) is 37.7 Å². The molecule has 0 aliphatic carbocycles. The van der Waals surface area contributed by atoms with E-state index in [0.717, 1.165) is 6.26 Å². The lowest BCUT2D eigenvalue weighted by Crippen LogP contribution is -2.47. The summed E-state index contributed by atoms with van der Waals surface area (Å²) in [5.41, 5.74) is 0.679. The van der Waals surface area contributed by atoms with Crippen LogP contribution in [0.2, 0.25) is 0 Å². The number of carbonyl (C=O) groups is 2. The highest BCUT2D eigenvalue weighted by Crippen LogP contribution is 2.36. The van der Waals surface area contributed by atoms with Gasteiger partial charge in [-0.1, -0.05) is 18.2 Å². The molecule has 1 N–H and O–H groups in total. The van der Waals surface area contributed by atoms with E-state index in [9.17, 15) is 22.4 Å². The van der Waals surface area contributed by atoms with Crippen LogP contribution in [0.15, 0.2) is 42.5 Å². The fourth-order valence-corrected chi connectivity index (χ4v) is 4.72. The number of amides is 2. The molecule has 11 heteroatoms. The first kappa shape index (κ1) is 26.3. The maximum Gasteiger partial charge on any atom is 0.242 e. The van der Waals surface area contributed by atoms with E-state index in [1.54, 1.807) is 50.2 Å². The Morgan fingerprint density at radius 2 is 1.86 bits per heavy atom. The summed E-state index contributed by atoms with van der Waals surface area (Å²) in [4.78, 5) is 26.9. The normalized spacial score (nSPS) is 13.3. The molecule has 2 amide bonds. The minimum Gasteiger partial charge on any atom is -0.454 e. The first-order valence-electron chi connectivity index (χ1n) is 11.3. The van der Waals surface area contributed by atoms with Crippen LogP contribution in [0.5, 0.6) is 11.5 Å². The summed E-state index contributed by atoms with van der Waals surface area (Å²) < 4.78 is 51.0. The molecule has 0 fully saturated rings. The number of nitrogens with zero attached hydrogens (tertiary/aromatic N) is 2. The van der Waals surface area contributed by atoms with Crippen LogP contribution in [-0.4, -0.2) is 57.3 Å². The van der Waals surface area contributed by atoms with Gasteiger partial charge in [-0.25, -0.2) is 12.8 Å². The van der Waals surface area contributed by atoms with Crippen molar-refractivity contribution in [3.05, 3.63) is 53.8 Å². The van der Waals surface area contributed by atoms with Gasteiger partial charge in [0.2, 0.25) is 28.6 Å². The van der Waals surface area contributed by atoms with E-state index in [2.05, 4.69) is 5.32 Å². The molecule has 0 radical (unpaired) electrons. The Labute approximate surface area is 204 Å². The second kappa shape index (κ2) is 11.4. The van der Waals surface area contributed by atoms with Crippen molar-refractivity contribution in [2.75, 3.05) is 30.4 Å². The molecule has 1 atom stereocenters. The number of anilines is 1. The molecule has 0 aromatic heterocycles. The molecule has 0 saturated heterocycles. The standard InChI is InChI=1S/C24H30FN3O6S/c1-4-26-24(30)17(2)27(15-18-8-5-6-9-20(18)25)23(29)10-7-13-28(35(3,31)32)19-11-12-21-22(14-19)34-16-33-21/h5-6,8-9,11-12,14,17H,4,7,10,13,15-16H2,1-3H3,(H,26,30)/t17-/m1/s1. The fraction of sp³-hybridized carbons (Fsp3) is 0.417. The highest BCUT2D eigenvalue weighted by molar-refractivity contribution is 7.92. The summed E-state index contributed by atoms with van der Waals surface area (Å²) in [5, 5.41) is 2.68. The Bertz CT molecular complexity index is 1170. The Balaban J connectivity index is 1.73. The number of sulfonamides is 1. The van der Waals surface area contributed by atoms with Crippen molar-refractivity contribution < 1.29 is 31.9 Å². The average molecular weight is 508 g/mol. The summed E-state index contributed by atoms with van der Waals surface area (Å²) in [6.07, 6.45) is 1.24. The van der Waals surface area contributed by atoms with E-state index in [4.69, 9.17) is 9.47 Å². The predicted octanol–water partition coefficient (Wildman–Crippen LogP) is 2.65. The largest absolute Gasteiger partial charge is 0.454 e. The average Bonchev–Trinajstić information content (AvgIpc) is 3.28. The second-order valence-electron chi connectivity index (χ2n) is 8.16. The lowest BCUT2D eigenvalue weighted by atomic mass is 10.1. The molecule has 190 valence electrons. The van der Waals surface area contributed by atoms with E-state index < -0.39 is 21.9 Å². The zero-order chi connectivity index (χ0) is 25.6. The molecule has 1 aliphatic rings. The van der Waals surface area contributed by atoms with Crippen LogP contribution < -0.4 is 19.1 Å². The van der Waals surface area contributed by atoms with Gasteiger partial charge >= 0.3 is 0 Å². The summed E-state index contributed by atoms with van der Waals surface area (Å²) in [5.74, 6) is -0.236. The van der Waals surface area contributed by atoms with Crippen molar-refractivity contribution in [2.24, 2.45) is 0 Å². The maximum atomic E-state index is 14.3. The third-order valence-electron chi connectivity index (χ3n) is 5.61. The van der Waals surface area contributed by atoms with Gasteiger partial charge in [0.25, 0.3) is 0 Å². The molecule has 0 bridgehead atoms. The van der Waals surface area contributed by atoms with Crippen LogP contribution in [0.4, 0.5) is 10.1 Å². The van der Waals surface area contributed by atoms with E-state index in [0.29, 0.717) is 23.7 Å². The molecule has 2 aromatic carbocycles. The van der Waals surface area contributed by atoms with Crippen LogP contribution in [0, 0.1) is 5.82 Å². The molecule has 0 unspecified atom stereocenters. The van der Waals surface area contributed by atoms with Crippen LogP contribution in [-0.2, 0) is 26.2 Å². The molecule has 1 heterocycles. The van der Waals surface area contributed by atoms with Gasteiger partial charge in [-0.05, 0) is 38.5 Å². The summed E-state index contributed by atoms with van der Waals surface area (Å²) in [6, 6.07) is 10.0. The van der Waals surface area contributed by atoms with Crippen LogP contribution in [0.25, 0.3) is 0 Å². The van der Waals surface area contributed by atoms with Crippen molar-refractivity contribution in [1.29, 1.82) is 0 Å². The quantitative estimate of drug-likeness (QED) is 0.501. The molecule has 3 rings (SSSR count). The van der Waals surface area contributed by atoms with Gasteiger partial charge in [-0.15, -0.1) is 0 Å². The van der Waals surface area contributed by atoms with E-state index in [1.807, 2.05) is 0 Å². The van der Waals surface area contributed by atoms with Crippen molar-refractivity contribution in [3.8, 4) is 11.5 Å².